The number of imide groups is 1. The lowest BCUT2D eigenvalue weighted by Crippen LogP contribution is -2.27. The van der Waals surface area contributed by atoms with Crippen molar-refractivity contribution in [1.82, 2.24) is 10.2 Å². The van der Waals surface area contributed by atoms with Crippen LogP contribution in [0.15, 0.2) is 18.2 Å². The van der Waals surface area contributed by atoms with Crippen molar-refractivity contribution < 1.29 is 14.0 Å². The summed E-state index contributed by atoms with van der Waals surface area (Å²) in [5.74, 6) is -0.789. The maximum Gasteiger partial charge on any atom is 0.324 e. The Morgan fingerprint density at radius 1 is 1.44 bits per heavy atom. The highest BCUT2D eigenvalue weighted by Gasteiger charge is 2.26. The Morgan fingerprint density at radius 3 is 2.81 bits per heavy atom. The van der Waals surface area contributed by atoms with Crippen LogP contribution in [-0.4, -0.2) is 23.4 Å². The summed E-state index contributed by atoms with van der Waals surface area (Å²) in [6.07, 6.45) is 0. The molecule has 3 amide bonds. The molecule has 0 spiro atoms. The molecule has 1 N–H and O–H groups in total. The molecule has 0 bridgehead atoms. The maximum absolute atomic E-state index is 13.0. The predicted molar refractivity (Wildman–Crippen MR) is 55.4 cm³/mol. The van der Waals surface area contributed by atoms with Gasteiger partial charge >= 0.3 is 6.03 Å². The lowest BCUT2D eigenvalue weighted by atomic mass is 10.2. The molecule has 0 radical (unpaired) electrons. The number of hydrogen-bond donors (Lipinski definition) is 1. The van der Waals surface area contributed by atoms with Gasteiger partial charge in [0.05, 0.1) is 0 Å². The second-order valence-corrected chi connectivity index (χ2v) is 3.85. The summed E-state index contributed by atoms with van der Waals surface area (Å²) < 4.78 is 13.0. The highest BCUT2D eigenvalue weighted by atomic mass is 35.5. The fourth-order valence-corrected chi connectivity index (χ4v) is 1.66. The minimum absolute atomic E-state index is 0.0221. The van der Waals surface area contributed by atoms with Crippen LogP contribution in [0.5, 0.6) is 0 Å². The van der Waals surface area contributed by atoms with Crippen molar-refractivity contribution in [2.24, 2.45) is 0 Å². The third-order valence-electron chi connectivity index (χ3n) is 2.24. The van der Waals surface area contributed by atoms with Crippen LogP contribution in [0.3, 0.4) is 0 Å². The van der Waals surface area contributed by atoms with Crippen molar-refractivity contribution >= 4 is 23.5 Å². The second-order valence-electron chi connectivity index (χ2n) is 3.45. The van der Waals surface area contributed by atoms with Crippen LogP contribution in [0.4, 0.5) is 9.18 Å². The minimum Gasteiger partial charge on any atom is -0.311 e. The van der Waals surface area contributed by atoms with E-state index in [1.807, 2.05) is 0 Å². The third-order valence-corrected chi connectivity index (χ3v) is 2.61. The van der Waals surface area contributed by atoms with Crippen molar-refractivity contribution in [3.8, 4) is 0 Å². The van der Waals surface area contributed by atoms with E-state index in [4.69, 9.17) is 11.6 Å². The first-order chi connectivity index (χ1) is 7.56. The van der Waals surface area contributed by atoms with Crippen LogP contribution >= 0.6 is 11.6 Å². The largest absolute Gasteiger partial charge is 0.324 e. The average molecular weight is 243 g/mol. The van der Waals surface area contributed by atoms with Gasteiger partial charge in [-0.2, -0.15) is 0 Å². The van der Waals surface area contributed by atoms with Crippen molar-refractivity contribution in [3.05, 3.63) is 34.6 Å². The number of hydrogen-bond acceptors (Lipinski definition) is 2. The molecule has 6 heteroatoms. The van der Waals surface area contributed by atoms with E-state index in [0.29, 0.717) is 10.6 Å². The number of nitrogens with one attached hydrogen (secondary N) is 1. The van der Waals surface area contributed by atoms with E-state index in [1.54, 1.807) is 0 Å². The summed E-state index contributed by atoms with van der Waals surface area (Å²) in [6.45, 7) is 0.0971. The van der Waals surface area contributed by atoms with Crippen LogP contribution < -0.4 is 5.32 Å². The molecule has 0 unspecified atom stereocenters. The van der Waals surface area contributed by atoms with E-state index >= 15 is 0 Å². The summed E-state index contributed by atoms with van der Waals surface area (Å²) >= 11 is 5.85. The molecule has 4 nitrogen and oxygen atoms in total. The molecule has 0 atom stereocenters. The minimum atomic E-state index is -0.481. The maximum atomic E-state index is 13.0. The van der Waals surface area contributed by atoms with E-state index in [2.05, 4.69) is 5.32 Å². The summed E-state index contributed by atoms with van der Waals surface area (Å²) in [5, 5.41) is 2.50. The molecule has 1 heterocycles. The molecule has 1 aliphatic rings. The van der Waals surface area contributed by atoms with Gasteiger partial charge in [-0.15, -0.1) is 0 Å². The summed E-state index contributed by atoms with van der Waals surface area (Å²) in [6, 6.07) is 3.42. The molecule has 1 fully saturated rings. The Kier molecular flexibility index (Phi) is 2.78. The quantitative estimate of drug-likeness (QED) is 0.800. The number of amides is 3. The van der Waals surface area contributed by atoms with Gasteiger partial charge in [0.2, 0.25) is 5.91 Å². The predicted octanol–water partition coefficient (Wildman–Crippen LogP) is 1.53. The lowest BCUT2D eigenvalue weighted by Gasteiger charge is -2.13. The third kappa shape index (κ3) is 2.14. The summed E-state index contributed by atoms with van der Waals surface area (Å²) in [5.41, 5.74) is 0.478. The Hall–Kier alpha value is -1.62. The Balaban J connectivity index is 2.18. The van der Waals surface area contributed by atoms with Crippen LogP contribution in [0.2, 0.25) is 5.02 Å². The number of nitrogens with zero attached hydrogens (tertiary/aromatic N) is 1. The number of urea groups is 1. The lowest BCUT2D eigenvalue weighted by molar-refractivity contribution is -0.118. The Bertz CT molecular complexity index is 464. The molecule has 0 aromatic heterocycles. The van der Waals surface area contributed by atoms with Gasteiger partial charge in [-0.3, -0.25) is 10.1 Å². The summed E-state index contributed by atoms with van der Waals surface area (Å²) in [4.78, 5) is 23.4. The summed E-state index contributed by atoms with van der Waals surface area (Å²) in [7, 11) is 0. The number of rotatable bonds is 2. The molecule has 2 rings (SSSR count). The zero-order valence-electron chi connectivity index (χ0n) is 8.17. The van der Waals surface area contributed by atoms with Crippen molar-refractivity contribution in [1.29, 1.82) is 0 Å². The van der Waals surface area contributed by atoms with Gasteiger partial charge in [0, 0.05) is 11.6 Å². The first kappa shape index (κ1) is 10.9. The topological polar surface area (TPSA) is 49.4 Å². The molecule has 16 heavy (non-hydrogen) atoms. The first-order valence-corrected chi connectivity index (χ1v) is 4.97. The van der Waals surface area contributed by atoms with E-state index in [9.17, 15) is 14.0 Å². The SMILES string of the molecule is O=C1CN(Cc2cc(F)ccc2Cl)C(=O)N1. The molecule has 0 aliphatic carbocycles. The van der Waals surface area contributed by atoms with Gasteiger partial charge in [-0.05, 0) is 23.8 Å². The molecule has 1 aliphatic heterocycles. The number of benzene rings is 1. The van der Waals surface area contributed by atoms with E-state index < -0.39 is 11.8 Å². The fourth-order valence-electron chi connectivity index (χ4n) is 1.48. The van der Waals surface area contributed by atoms with Gasteiger partial charge in [-0.25, -0.2) is 9.18 Å². The van der Waals surface area contributed by atoms with E-state index in [0.717, 1.165) is 0 Å². The van der Waals surface area contributed by atoms with Crippen LogP contribution in [0, 0.1) is 5.82 Å². The smallest absolute Gasteiger partial charge is 0.311 e. The standard InChI is InChI=1S/C10H8ClFN2O2/c11-8-2-1-7(12)3-6(8)4-14-5-9(15)13-10(14)16/h1-3H,4-5H2,(H,13,15,16). The molecule has 84 valence electrons. The van der Waals surface area contributed by atoms with Gasteiger partial charge in [0.15, 0.2) is 0 Å². The first-order valence-electron chi connectivity index (χ1n) is 4.59. The highest BCUT2D eigenvalue weighted by molar-refractivity contribution is 6.31. The molecule has 1 saturated heterocycles. The van der Waals surface area contributed by atoms with Crippen LogP contribution in [0.1, 0.15) is 5.56 Å². The highest BCUT2D eigenvalue weighted by Crippen LogP contribution is 2.19. The van der Waals surface area contributed by atoms with E-state index in [1.165, 1.54) is 23.1 Å². The van der Waals surface area contributed by atoms with Crippen LogP contribution in [-0.2, 0) is 11.3 Å². The van der Waals surface area contributed by atoms with Gasteiger partial charge in [0.25, 0.3) is 0 Å². The molecular formula is C10H8ClFN2O2. The molecular weight excluding hydrogens is 235 g/mol. The zero-order chi connectivity index (χ0) is 11.7. The fraction of sp³-hybridized carbons (Fsp3) is 0.200. The number of carbonyl (C=O) groups is 2. The molecule has 1 aromatic rings. The normalized spacial score (nSPS) is 15.5. The zero-order valence-corrected chi connectivity index (χ0v) is 8.92. The van der Waals surface area contributed by atoms with Crippen molar-refractivity contribution in [2.75, 3.05) is 6.54 Å². The molecule has 0 saturated carbocycles. The Morgan fingerprint density at radius 2 is 2.19 bits per heavy atom. The second kappa shape index (κ2) is 4.09. The van der Waals surface area contributed by atoms with Crippen molar-refractivity contribution in [2.45, 2.75) is 6.54 Å². The number of carbonyl (C=O) groups excluding carboxylic acids is 2. The average Bonchev–Trinajstić information content (AvgIpc) is 2.51. The van der Waals surface area contributed by atoms with Gasteiger partial charge < -0.3 is 4.90 Å². The van der Waals surface area contributed by atoms with Gasteiger partial charge in [-0.1, -0.05) is 11.6 Å². The Labute approximate surface area is 96.0 Å². The van der Waals surface area contributed by atoms with Crippen molar-refractivity contribution in [3.63, 3.8) is 0 Å². The van der Waals surface area contributed by atoms with Crippen LogP contribution in [0.25, 0.3) is 0 Å². The molecule has 1 aromatic carbocycles. The number of halogens is 2. The van der Waals surface area contributed by atoms with Gasteiger partial charge in [0.1, 0.15) is 12.4 Å². The van der Waals surface area contributed by atoms with E-state index in [-0.39, 0.29) is 19.0 Å². The monoisotopic (exact) mass is 242 g/mol.